The molecule has 0 fully saturated rings. The first kappa shape index (κ1) is 14.3. The zero-order valence-electron chi connectivity index (χ0n) is 11.4. The predicted octanol–water partition coefficient (Wildman–Crippen LogP) is 2.93. The fraction of sp³-hybridized carbons (Fsp3) is 0.308. The van der Waals surface area contributed by atoms with Crippen molar-refractivity contribution >= 4 is 23.1 Å². The number of rotatable bonds is 7. The molecule has 0 aliphatic carbocycles. The maximum Gasteiger partial charge on any atom is 0.236 e. The van der Waals surface area contributed by atoms with Crippen molar-refractivity contribution in [3.8, 4) is 10.8 Å². The normalized spacial score (nSPS) is 11.1. The fourth-order valence-electron chi connectivity index (χ4n) is 1.72. The molecule has 3 aromatic heterocycles. The van der Waals surface area contributed by atoms with Crippen LogP contribution in [0.15, 0.2) is 39.7 Å². The second-order valence-corrected chi connectivity index (χ2v) is 6.10. The molecule has 110 valence electrons. The van der Waals surface area contributed by atoms with Gasteiger partial charge in [-0.2, -0.15) is 0 Å². The molecule has 0 bridgehead atoms. The van der Waals surface area contributed by atoms with Crippen LogP contribution < -0.4 is 0 Å². The number of thiophene rings is 1. The lowest BCUT2D eigenvalue weighted by atomic mass is 10.5. The van der Waals surface area contributed by atoms with E-state index in [0.29, 0.717) is 18.3 Å². The first-order valence-corrected chi connectivity index (χ1v) is 8.21. The van der Waals surface area contributed by atoms with E-state index in [9.17, 15) is 0 Å². The molecule has 0 unspecified atom stereocenters. The van der Waals surface area contributed by atoms with E-state index in [2.05, 4.69) is 15.2 Å². The van der Waals surface area contributed by atoms with Crippen LogP contribution in [0.3, 0.4) is 0 Å². The Hall–Kier alpha value is -1.64. The number of thioether (sulfide) groups is 1. The van der Waals surface area contributed by atoms with Gasteiger partial charge in [-0.25, -0.2) is 4.98 Å². The largest absolute Gasteiger partial charge is 0.444 e. The summed E-state index contributed by atoms with van der Waals surface area (Å²) in [6.07, 6.45) is 3.40. The molecule has 3 rings (SSSR count). The minimum atomic E-state index is 0.637. The summed E-state index contributed by atoms with van der Waals surface area (Å²) in [5, 5.41) is 10.9. The van der Waals surface area contributed by atoms with Crippen molar-refractivity contribution in [3.63, 3.8) is 0 Å². The summed E-state index contributed by atoms with van der Waals surface area (Å²) >= 11 is 3.20. The SMILES string of the molecule is COCCn1cnnc1SCc1coc(-c2cccs2)n1. The Morgan fingerprint density at radius 3 is 3.24 bits per heavy atom. The van der Waals surface area contributed by atoms with Gasteiger partial charge in [0.2, 0.25) is 5.89 Å². The lowest BCUT2D eigenvalue weighted by Gasteiger charge is -2.03. The summed E-state index contributed by atoms with van der Waals surface area (Å²) < 4.78 is 12.5. The Morgan fingerprint density at radius 1 is 1.48 bits per heavy atom. The first-order chi connectivity index (χ1) is 10.4. The van der Waals surface area contributed by atoms with E-state index in [4.69, 9.17) is 9.15 Å². The second-order valence-electron chi connectivity index (χ2n) is 4.21. The van der Waals surface area contributed by atoms with Crippen LogP contribution in [0.2, 0.25) is 0 Å². The van der Waals surface area contributed by atoms with Crippen LogP contribution >= 0.6 is 23.1 Å². The number of nitrogens with zero attached hydrogens (tertiary/aromatic N) is 4. The second kappa shape index (κ2) is 6.88. The Bertz CT molecular complexity index is 678. The van der Waals surface area contributed by atoms with Gasteiger partial charge >= 0.3 is 0 Å². The smallest absolute Gasteiger partial charge is 0.236 e. The average Bonchev–Trinajstić information content (AvgIpc) is 3.22. The van der Waals surface area contributed by atoms with Gasteiger partial charge in [0, 0.05) is 19.4 Å². The molecule has 8 heteroatoms. The van der Waals surface area contributed by atoms with E-state index in [1.807, 2.05) is 22.1 Å². The van der Waals surface area contributed by atoms with Gasteiger partial charge < -0.3 is 13.7 Å². The van der Waals surface area contributed by atoms with Crippen LogP contribution in [0, 0.1) is 0 Å². The summed E-state index contributed by atoms with van der Waals surface area (Å²) in [6, 6.07) is 3.98. The topological polar surface area (TPSA) is 66.0 Å². The van der Waals surface area contributed by atoms with Crippen molar-refractivity contribution in [1.29, 1.82) is 0 Å². The molecule has 21 heavy (non-hydrogen) atoms. The highest BCUT2D eigenvalue weighted by Gasteiger charge is 2.10. The minimum Gasteiger partial charge on any atom is -0.444 e. The number of aromatic nitrogens is 4. The number of methoxy groups -OCH3 is 1. The Balaban J connectivity index is 1.62. The Labute approximate surface area is 130 Å². The molecule has 0 radical (unpaired) electrons. The molecular weight excluding hydrogens is 308 g/mol. The summed E-state index contributed by atoms with van der Waals surface area (Å²) in [7, 11) is 1.68. The highest BCUT2D eigenvalue weighted by molar-refractivity contribution is 7.98. The number of ether oxygens (including phenoxy) is 1. The van der Waals surface area contributed by atoms with Crippen LogP contribution in [-0.2, 0) is 17.0 Å². The first-order valence-electron chi connectivity index (χ1n) is 6.34. The summed E-state index contributed by atoms with van der Waals surface area (Å²) in [4.78, 5) is 5.52. The minimum absolute atomic E-state index is 0.637. The van der Waals surface area contributed by atoms with E-state index in [0.717, 1.165) is 22.3 Å². The number of hydrogen-bond donors (Lipinski definition) is 0. The third-order valence-electron chi connectivity index (χ3n) is 2.75. The highest BCUT2D eigenvalue weighted by atomic mass is 32.2. The van der Waals surface area contributed by atoms with E-state index in [-0.39, 0.29) is 0 Å². The maximum absolute atomic E-state index is 5.50. The van der Waals surface area contributed by atoms with Gasteiger partial charge in [-0.3, -0.25) is 0 Å². The molecule has 0 spiro atoms. The molecule has 0 atom stereocenters. The summed E-state index contributed by atoms with van der Waals surface area (Å²) in [5.74, 6) is 1.36. The van der Waals surface area contributed by atoms with Crippen molar-refractivity contribution in [2.75, 3.05) is 13.7 Å². The molecular formula is C13H14N4O2S2. The van der Waals surface area contributed by atoms with Gasteiger partial charge in [0.25, 0.3) is 0 Å². The molecule has 3 aromatic rings. The molecule has 0 aliphatic rings. The van der Waals surface area contributed by atoms with Gasteiger partial charge in [-0.05, 0) is 11.4 Å². The van der Waals surface area contributed by atoms with Crippen molar-refractivity contribution in [3.05, 3.63) is 35.8 Å². The van der Waals surface area contributed by atoms with Crippen molar-refractivity contribution in [1.82, 2.24) is 19.7 Å². The van der Waals surface area contributed by atoms with Crippen molar-refractivity contribution in [2.24, 2.45) is 0 Å². The predicted molar refractivity (Wildman–Crippen MR) is 81.3 cm³/mol. The third-order valence-corrected chi connectivity index (χ3v) is 4.62. The zero-order chi connectivity index (χ0) is 14.5. The highest BCUT2D eigenvalue weighted by Crippen LogP contribution is 2.26. The summed E-state index contributed by atoms with van der Waals surface area (Å²) in [5.41, 5.74) is 0.893. The standard InChI is InChI=1S/C13H14N4O2S2/c1-18-5-4-17-9-14-16-13(17)21-8-10-7-19-12(15-10)11-3-2-6-20-11/h2-3,6-7,9H,4-5,8H2,1H3. The quantitative estimate of drug-likeness (QED) is 0.623. The van der Waals surface area contributed by atoms with Gasteiger partial charge in [0.15, 0.2) is 5.16 Å². The van der Waals surface area contributed by atoms with Gasteiger partial charge in [0.05, 0.1) is 17.2 Å². The van der Waals surface area contributed by atoms with Crippen LogP contribution in [-0.4, -0.2) is 33.5 Å². The lowest BCUT2D eigenvalue weighted by Crippen LogP contribution is -2.04. The van der Waals surface area contributed by atoms with Gasteiger partial charge in [-0.1, -0.05) is 17.8 Å². The third kappa shape index (κ3) is 3.52. The fourth-order valence-corrected chi connectivity index (χ4v) is 3.20. The van der Waals surface area contributed by atoms with Gasteiger partial charge in [-0.15, -0.1) is 21.5 Å². The lowest BCUT2D eigenvalue weighted by molar-refractivity contribution is 0.184. The van der Waals surface area contributed by atoms with Crippen molar-refractivity contribution in [2.45, 2.75) is 17.5 Å². The van der Waals surface area contributed by atoms with E-state index in [1.165, 1.54) is 0 Å². The molecule has 0 saturated heterocycles. The van der Waals surface area contributed by atoms with Crippen molar-refractivity contribution < 1.29 is 9.15 Å². The maximum atomic E-state index is 5.50. The molecule has 0 aliphatic heterocycles. The Kier molecular flexibility index (Phi) is 4.69. The zero-order valence-corrected chi connectivity index (χ0v) is 13.1. The summed E-state index contributed by atoms with van der Waals surface area (Å²) in [6.45, 7) is 1.38. The molecule has 0 saturated carbocycles. The van der Waals surface area contributed by atoms with Crippen LogP contribution in [0.1, 0.15) is 5.69 Å². The monoisotopic (exact) mass is 322 g/mol. The van der Waals surface area contributed by atoms with Crippen LogP contribution in [0.5, 0.6) is 0 Å². The van der Waals surface area contributed by atoms with E-state index in [1.54, 1.807) is 42.8 Å². The van der Waals surface area contributed by atoms with Gasteiger partial charge in [0.1, 0.15) is 12.6 Å². The molecule has 3 heterocycles. The average molecular weight is 322 g/mol. The van der Waals surface area contributed by atoms with Crippen LogP contribution in [0.4, 0.5) is 0 Å². The van der Waals surface area contributed by atoms with Crippen LogP contribution in [0.25, 0.3) is 10.8 Å². The van der Waals surface area contributed by atoms with E-state index >= 15 is 0 Å². The number of hydrogen-bond acceptors (Lipinski definition) is 7. The van der Waals surface area contributed by atoms with E-state index < -0.39 is 0 Å². The molecule has 6 nitrogen and oxygen atoms in total. The molecule has 0 N–H and O–H groups in total. The Morgan fingerprint density at radius 2 is 2.43 bits per heavy atom. The molecule has 0 aromatic carbocycles. The number of oxazole rings is 1. The molecule has 0 amide bonds.